The van der Waals surface area contributed by atoms with E-state index in [2.05, 4.69) is 162 Å². The molecule has 0 saturated heterocycles. The number of hydrogen-bond acceptors (Lipinski definition) is 3. The van der Waals surface area contributed by atoms with Crippen molar-refractivity contribution in [2.45, 2.75) is 0 Å². The quantitative estimate of drug-likeness (QED) is 0.181. The molecule has 4 heteroatoms. The molecule has 0 unspecified atom stereocenters. The summed E-state index contributed by atoms with van der Waals surface area (Å²) >= 11 is 0. The van der Waals surface area contributed by atoms with Crippen LogP contribution in [0.15, 0.2) is 192 Å². The summed E-state index contributed by atoms with van der Waals surface area (Å²) in [6, 6.07) is 66.0. The van der Waals surface area contributed by atoms with Crippen molar-refractivity contribution in [3.8, 4) is 50.7 Å². The molecule has 8 aromatic carbocycles. The summed E-state index contributed by atoms with van der Waals surface area (Å²) in [4.78, 5) is 10.3. The van der Waals surface area contributed by atoms with Gasteiger partial charge in [0.15, 0.2) is 5.82 Å². The maximum Gasteiger partial charge on any atom is 0.160 e. The Morgan fingerprint density at radius 3 is 1.87 bits per heavy atom. The van der Waals surface area contributed by atoms with Crippen molar-refractivity contribution in [2.75, 3.05) is 0 Å². The molecule has 0 aliphatic carbocycles. The van der Waals surface area contributed by atoms with Crippen LogP contribution in [0.4, 0.5) is 0 Å². The summed E-state index contributed by atoms with van der Waals surface area (Å²) in [5, 5.41) is 7.00. The van der Waals surface area contributed by atoms with Gasteiger partial charge in [-0.3, -0.25) is 0 Å². The van der Waals surface area contributed by atoms with Crippen molar-refractivity contribution in [3.05, 3.63) is 188 Å². The third kappa shape index (κ3) is 4.92. The Kier molecular flexibility index (Phi) is 6.82. The molecule has 11 rings (SSSR count). The minimum Gasteiger partial charge on any atom is -0.456 e. The second-order valence-corrected chi connectivity index (χ2v) is 13.8. The summed E-state index contributed by atoms with van der Waals surface area (Å²) in [5.74, 6) is 0.682. The molecule has 252 valence electrons. The highest BCUT2D eigenvalue weighted by Gasteiger charge is 2.19. The summed E-state index contributed by atoms with van der Waals surface area (Å²) in [7, 11) is 0. The van der Waals surface area contributed by atoms with Crippen LogP contribution in [0.2, 0.25) is 0 Å². The van der Waals surface area contributed by atoms with Gasteiger partial charge in [0.1, 0.15) is 11.2 Å². The zero-order valence-corrected chi connectivity index (χ0v) is 29.1. The van der Waals surface area contributed by atoms with Gasteiger partial charge < -0.3 is 8.98 Å². The van der Waals surface area contributed by atoms with E-state index in [1.54, 1.807) is 0 Å². The van der Waals surface area contributed by atoms with Gasteiger partial charge in [-0.05, 0) is 64.4 Å². The molecule has 54 heavy (non-hydrogen) atoms. The Morgan fingerprint density at radius 2 is 1.06 bits per heavy atom. The highest BCUT2D eigenvalue weighted by atomic mass is 16.3. The molecule has 0 saturated carbocycles. The largest absolute Gasteiger partial charge is 0.456 e. The summed E-state index contributed by atoms with van der Waals surface area (Å²) in [6.45, 7) is 0. The molecule has 0 radical (unpaired) electrons. The Balaban J connectivity index is 1.08. The molecule has 3 aromatic heterocycles. The second-order valence-electron chi connectivity index (χ2n) is 13.8. The smallest absolute Gasteiger partial charge is 0.160 e. The lowest BCUT2D eigenvalue weighted by molar-refractivity contribution is 0.668. The lowest BCUT2D eigenvalue weighted by Crippen LogP contribution is -1.96. The number of furan rings is 1. The Labute approximate surface area is 311 Å². The monoisotopic (exact) mass is 689 g/mol. The maximum atomic E-state index is 6.68. The highest BCUT2D eigenvalue weighted by Crippen LogP contribution is 2.40. The van der Waals surface area contributed by atoms with Crippen LogP contribution in [0.25, 0.3) is 105 Å². The van der Waals surface area contributed by atoms with E-state index >= 15 is 0 Å². The van der Waals surface area contributed by atoms with E-state index in [0.717, 1.165) is 61.2 Å². The fourth-order valence-electron chi connectivity index (χ4n) is 8.01. The number of hydrogen-bond donors (Lipinski definition) is 0. The van der Waals surface area contributed by atoms with Crippen LogP contribution >= 0.6 is 0 Å². The lowest BCUT2D eigenvalue weighted by atomic mass is 10.00. The number of aromatic nitrogens is 3. The fourth-order valence-corrected chi connectivity index (χ4v) is 8.01. The molecular formula is C50H31N3O. The zero-order valence-electron chi connectivity index (χ0n) is 29.1. The normalized spacial score (nSPS) is 11.7. The molecule has 0 amide bonds. The molecule has 11 aromatic rings. The SMILES string of the molecule is c1ccc(-c2ccc(-c3cc(-c4cccc5oc6cc(-n7c8ccccc8c8cc9ccccc9cc87)ccc6c45)nc(-c4ccccc4)n3)cc2)cc1. The second kappa shape index (κ2) is 12.1. The standard InChI is InChI=1S/C50H31N3O/c1-3-12-32(13-4-1)33-22-24-34(25-23-33)43-31-44(52-50(51-43)35-14-5-2-6-15-35)40-19-11-21-47-49(40)41-27-26-38(30-48(41)54-47)53-45-20-10-9-18-39(45)42-28-36-16-7-8-17-37(36)29-46(42)53/h1-31H. The molecule has 0 N–H and O–H groups in total. The van der Waals surface area contributed by atoms with Crippen LogP contribution in [0.1, 0.15) is 0 Å². The van der Waals surface area contributed by atoms with Gasteiger partial charge in [0, 0.05) is 50.0 Å². The highest BCUT2D eigenvalue weighted by molar-refractivity contribution is 6.15. The number of nitrogens with zero attached hydrogens (tertiary/aromatic N) is 3. The predicted molar refractivity (Wildman–Crippen MR) is 223 cm³/mol. The van der Waals surface area contributed by atoms with E-state index in [1.165, 1.54) is 38.2 Å². The van der Waals surface area contributed by atoms with Gasteiger partial charge in [-0.25, -0.2) is 9.97 Å². The molecule has 3 heterocycles. The topological polar surface area (TPSA) is 43.9 Å². The zero-order chi connectivity index (χ0) is 35.6. The van der Waals surface area contributed by atoms with Crippen molar-refractivity contribution in [3.63, 3.8) is 0 Å². The lowest BCUT2D eigenvalue weighted by Gasteiger charge is -2.11. The van der Waals surface area contributed by atoms with Gasteiger partial charge in [0.2, 0.25) is 0 Å². The molecule has 0 fully saturated rings. The summed E-state index contributed by atoms with van der Waals surface area (Å²) < 4.78 is 9.03. The van der Waals surface area contributed by atoms with E-state index in [1.807, 2.05) is 30.3 Å². The van der Waals surface area contributed by atoms with Crippen LogP contribution in [0, 0.1) is 0 Å². The van der Waals surface area contributed by atoms with E-state index in [-0.39, 0.29) is 0 Å². The average molecular weight is 690 g/mol. The van der Waals surface area contributed by atoms with Crippen molar-refractivity contribution in [1.82, 2.24) is 14.5 Å². The molecule has 0 bridgehead atoms. The summed E-state index contributed by atoms with van der Waals surface area (Å²) in [5.41, 5.74) is 12.1. The number of benzene rings is 8. The molecule has 4 nitrogen and oxygen atoms in total. The molecule has 0 atom stereocenters. The van der Waals surface area contributed by atoms with Crippen molar-refractivity contribution in [1.29, 1.82) is 0 Å². The Morgan fingerprint density at radius 1 is 0.389 bits per heavy atom. The Hall–Kier alpha value is -7.30. The fraction of sp³-hybridized carbons (Fsp3) is 0. The third-order valence-corrected chi connectivity index (χ3v) is 10.6. The first kappa shape index (κ1) is 30.3. The van der Waals surface area contributed by atoms with Crippen molar-refractivity contribution < 1.29 is 4.42 Å². The molecular weight excluding hydrogens is 659 g/mol. The van der Waals surface area contributed by atoms with Gasteiger partial charge >= 0.3 is 0 Å². The van der Waals surface area contributed by atoms with Crippen LogP contribution in [-0.2, 0) is 0 Å². The van der Waals surface area contributed by atoms with Crippen molar-refractivity contribution >= 4 is 54.5 Å². The van der Waals surface area contributed by atoms with Gasteiger partial charge in [-0.2, -0.15) is 0 Å². The van der Waals surface area contributed by atoms with Gasteiger partial charge in [-0.15, -0.1) is 0 Å². The van der Waals surface area contributed by atoms with Gasteiger partial charge in [0.05, 0.1) is 22.4 Å². The average Bonchev–Trinajstić information content (AvgIpc) is 3.78. The third-order valence-electron chi connectivity index (χ3n) is 10.6. The minimum atomic E-state index is 0.682. The van der Waals surface area contributed by atoms with Crippen molar-refractivity contribution in [2.24, 2.45) is 0 Å². The first-order valence-corrected chi connectivity index (χ1v) is 18.2. The van der Waals surface area contributed by atoms with Gasteiger partial charge in [-0.1, -0.05) is 140 Å². The van der Waals surface area contributed by atoms with E-state index < -0.39 is 0 Å². The van der Waals surface area contributed by atoms with E-state index in [0.29, 0.717) is 5.82 Å². The van der Waals surface area contributed by atoms with Gasteiger partial charge in [0.25, 0.3) is 0 Å². The predicted octanol–water partition coefficient (Wildman–Crippen LogP) is 13.3. The van der Waals surface area contributed by atoms with Crippen LogP contribution in [0.5, 0.6) is 0 Å². The van der Waals surface area contributed by atoms with Crippen LogP contribution in [0.3, 0.4) is 0 Å². The van der Waals surface area contributed by atoms with E-state index in [4.69, 9.17) is 14.4 Å². The molecule has 0 aliphatic rings. The molecule has 0 aliphatic heterocycles. The number of para-hydroxylation sites is 1. The minimum absolute atomic E-state index is 0.682. The molecule has 0 spiro atoms. The Bertz CT molecular complexity index is 3200. The number of fused-ring (bicyclic) bond motifs is 7. The van der Waals surface area contributed by atoms with Crippen LogP contribution in [-0.4, -0.2) is 14.5 Å². The van der Waals surface area contributed by atoms with Crippen LogP contribution < -0.4 is 0 Å². The maximum absolute atomic E-state index is 6.68. The van der Waals surface area contributed by atoms with E-state index in [9.17, 15) is 0 Å². The first-order valence-electron chi connectivity index (χ1n) is 18.2. The number of rotatable bonds is 5. The summed E-state index contributed by atoms with van der Waals surface area (Å²) in [6.07, 6.45) is 0. The first-order chi connectivity index (χ1) is 26.7.